The lowest BCUT2D eigenvalue weighted by atomic mass is 9.45. The molecule has 1 aliphatic heterocycles. The molecule has 0 aromatic carbocycles. The van der Waals surface area contributed by atoms with Gasteiger partial charge in [0.25, 0.3) is 5.56 Å². The van der Waals surface area contributed by atoms with E-state index in [0.717, 1.165) is 18.4 Å². The van der Waals surface area contributed by atoms with E-state index in [1.807, 2.05) is 6.92 Å². The first kappa shape index (κ1) is 30.9. The molecule has 3 N–H and O–H groups in total. The lowest BCUT2D eigenvalue weighted by molar-refractivity contribution is -0.183. The fraction of sp³-hybridized carbons (Fsp3) is 0.742. The van der Waals surface area contributed by atoms with E-state index in [0.29, 0.717) is 24.8 Å². The van der Waals surface area contributed by atoms with Crippen LogP contribution in [0.25, 0.3) is 10.4 Å². The average Bonchev–Trinajstić information content (AvgIpc) is 3.48. The van der Waals surface area contributed by atoms with Gasteiger partial charge in [0.15, 0.2) is 11.6 Å². The summed E-state index contributed by atoms with van der Waals surface area (Å²) in [7, 11) is 0. The van der Waals surface area contributed by atoms with Gasteiger partial charge < -0.3 is 19.7 Å². The van der Waals surface area contributed by atoms with Crippen molar-refractivity contribution in [2.24, 2.45) is 33.7 Å². The number of aryl methyl sites for hydroxylation is 1. The third kappa shape index (κ3) is 4.71. The van der Waals surface area contributed by atoms with E-state index in [9.17, 15) is 29.4 Å². The quantitative estimate of drug-likeness (QED) is 0.237. The molecule has 1 aromatic rings. The highest BCUT2D eigenvalue weighted by Gasteiger charge is 2.68. The van der Waals surface area contributed by atoms with Crippen LogP contribution in [0.2, 0.25) is 0 Å². The van der Waals surface area contributed by atoms with Crippen LogP contribution in [0.15, 0.2) is 32.5 Å². The van der Waals surface area contributed by atoms with Crippen LogP contribution in [-0.2, 0) is 19.1 Å². The zero-order valence-corrected chi connectivity index (χ0v) is 25.4. The number of carbonyl (C=O) groups excluding carboxylic acids is 2. The van der Waals surface area contributed by atoms with Crippen molar-refractivity contribution in [2.45, 2.75) is 102 Å². The minimum atomic E-state index is -1.67. The molecular formula is C31H41N5O8. The second-order valence-corrected chi connectivity index (χ2v) is 14.0. The molecule has 4 fully saturated rings. The Bertz CT molecular complexity index is 1560. The Labute approximate surface area is 254 Å². The van der Waals surface area contributed by atoms with E-state index in [1.54, 1.807) is 13.0 Å². The summed E-state index contributed by atoms with van der Waals surface area (Å²) in [5.74, 6) is -0.146. The van der Waals surface area contributed by atoms with Crippen molar-refractivity contribution in [3.8, 4) is 0 Å². The topological polar surface area (TPSA) is 197 Å². The molecule has 0 bridgehead atoms. The number of hydrogen-bond acceptors (Lipinski definition) is 9. The molecule has 1 saturated heterocycles. The molecule has 0 amide bonds. The lowest BCUT2D eigenvalue weighted by Gasteiger charge is -2.60. The molecule has 3 saturated carbocycles. The number of rotatable bonds is 7. The van der Waals surface area contributed by atoms with Gasteiger partial charge >= 0.3 is 5.69 Å². The average molecular weight is 612 g/mol. The van der Waals surface area contributed by atoms with Gasteiger partial charge in [-0.25, -0.2) is 4.79 Å². The number of fused-ring (bicyclic) bond motifs is 5. The summed E-state index contributed by atoms with van der Waals surface area (Å²) in [6, 6.07) is -0.678. The van der Waals surface area contributed by atoms with Gasteiger partial charge in [-0.3, -0.25) is 23.9 Å². The highest BCUT2D eigenvalue weighted by Crippen LogP contribution is 2.67. The maximum absolute atomic E-state index is 13.7. The van der Waals surface area contributed by atoms with Crippen molar-refractivity contribution in [2.75, 3.05) is 13.2 Å². The van der Waals surface area contributed by atoms with E-state index < -0.39 is 52.5 Å². The Morgan fingerprint density at radius 1 is 1.25 bits per heavy atom. The zero-order chi connectivity index (χ0) is 31.6. The van der Waals surface area contributed by atoms with E-state index in [1.165, 1.54) is 10.8 Å². The number of ketones is 2. The molecule has 0 spiro atoms. The predicted molar refractivity (Wildman–Crippen MR) is 156 cm³/mol. The van der Waals surface area contributed by atoms with Crippen molar-refractivity contribution >= 4 is 11.6 Å². The van der Waals surface area contributed by atoms with Crippen LogP contribution in [0.1, 0.15) is 77.0 Å². The van der Waals surface area contributed by atoms with Crippen LogP contribution in [0.5, 0.6) is 0 Å². The number of Topliss-reactive ketones (excluding diaryl/α,β-unsaturated/α-hetero) is 1. The van der Waals surface area contributed by atoms with Crippen molar-refractivity contribution in [1.29, 1.82) is 0 Å². The van der Waals surface area contributed by atoms with Crippen LogP contribution >= 0.6 is 0 Å². The SMILES string of the molecule is Cc1cn([C@H]2C[C@H](N=[N+]=[N-])[C@@H](COCC(=O)[C@@]3(O)CCC4C5CCC6=CC(=O)CCC6(C)C5C(O)CC43C)O2)c(=O)[nH]c1=O. The molecule has 238 valence electrons. The Morgan fingerprint density at radius 2 is 2.02 bits per heavy atom. The van der Waals surface area contributed by atoms with Crippen LogP contribution in [0.4, 0.5) is 0 Å². The molecule has 2 heterocycles. The second kappa shape index (κ2) is 11.1. The summed E-state index contributed by atoms with van der Waals surface area (Å²) in [6.07, 6.45) is 5.11. The molecule has 0 radical (unpaired) electrons. The number of aliphatic hydroxyl groups is 2. The molecule has 1 aromatic heterocycles. The zero-order valence-electron chi connectivity index (χ0n) is 25.4. The molecule has 13 nitrogen and oxygen atoms in total. The summed E-state index contributed by atoms with van der Waals surface area (Å²) < 4.78 is 13.0. The van der Waals surface area contributed by atoms with Gasteiger partial charge in [-0.2, -0.15) is 0 Å². The van der Waals surface area contributed by atoms with Crippen LogP contribution < -0.4 is 11.2 Å². The maximum Gasteiger partial charge on any atom is 0.330 e. The Hall–Kier alpha value is -3.09. The summed E-state index contributed by atoms with van der Waals surface area (Å²) in [5.41, 5.74) is 6.62. The van der Waals surface area contributed by atoms with Gasteiger partial charge in [0.05, 0.1) is 24.9 Å². The number of aromatic amines is 1. The number of nitrogens with zero attached hydrogens (tertiary/aromatic N) is 4. The minimum Gasteiger partial charge on any atom is -0.393 e. The number of allylic oxidation sites excluding steroid dienone is 1. The minimum absolute atomic E-state index is 0.0220. The van der Waals surface area contributed by atoms with E-state index >= 15 is 0 Å². The van der Waals surface area contributed by atoms with Crippen LogP contribution in [0, 0.1) is 35.5 Å². The number of hydrogen-bond donors (Lipinski definition) is 3. The fourth-order valence-electron chi connectivity index (χ4n) is 9.56. The van der Waals surface area contributed by atoms with E-state index in [2.05, 4.69) is 21.9 Å². The molecule has 6 rings (SSSR count). The van der Waals surface area contributed by atoms with Gasteiger partial charge in [0.1, 0.15) is 18.4 Å². The predicted octanol–water partition coefficient (Wildman–Crippen LogP) is 2.63. The highest BCUT2D eigenvalue weighted by atomic mass is 16.6. The van der Waals surface area contributed by atoms with E-state index in [-0.39, 0.29) is 61.4 Å². The fourth-order valence-corrected chi connectivity index (χ4v) is 9.56. The number of carbonyl (C=O) groups is 2. The molecule has 13 heteroatoms. The second-order valence-electron chi connectivity index (χ2n) is 14.0. The number of nitrogens with one attached hydrogen (secondary N) is 1. The third-order valence-electron chi connectivity index (χ3n) is 11.9. The molecule has 6 unspecified atom stereocenters. The van der Waals surface area contributed by atoms with Crippen LogP contribution in [0.3, 0.4) is 0 Å². The van der Waals surface area contributed by atoms with Gasteiger partial charge in [-0.1, -0.05) is 24.5 Å². The summed E-state index contributed by atoms with van der Waals surface area (Å²) in [6.45, 7) is 5.15. The van der Waals surface area contributed by atoms with Gasteiger partial charge in [-0.15, -0.1) is 0 Å². The normalized spacial score (nSPS) is 41.2. The largest absolute Gasteiger partial charge is 0.393 e. The first-order valence-corrected chi connectivity index (χ1v) is 15.6. The summed E-state index contributed by atoms with van der Waals surface area (Å²) in [5, 5.41) is 27.4. The number of aromatic nitrogens is 2. The van der Waals surface area contributed by atoms with Crippen molar-refractivity contribution in [1.82, 2.24) is 9.55 Å². The Morgan fingerprint density at radius 3 is 2.77 bits per heavy atom. The van der Waals surface area contributed by atoms with Gasteiger partial charge in [0, 0.05) is 34.9 Å². The molecule has 10 atom stereocenters. The molecule has 5 aliphatic rings. The number of H-pyrrole nitrogens is 1. The van der Waals surface area contributed by atoms with Crippen LogP contribution in [-0.4, -0.2) is 68.4 Å². The Kier molecular flexibility index (Phi) is 7.77. The monoisotopic (exact) mass is 611 g/mol. The number of ether oxygens (including phenoxy) is 2. The van der Waals surface area contributed by atoms with Gasteiger partial charge in [0.2, 0.25) is 0 Å². The van der Waals surface area contributed by atoms with E-state index in [4.69, 9.17) is 15.0 Å². The molecule has 4 aliphatic carbocycles. The molecule has 44 heavy (non-hydrogen) atoms. The molecular weight excluding hydrogens is 570 g/mol. The Balaban J connectivity index is 1.14. The first-order chi connectivity index (χ1) is 20.8. The smallest absolute Gasteiger partial charge is 0.330 e. The maximum atomic E-state index is 13.7. The van der Waals surface area contributed by atoms with Gasteiger partial charge in [-0.05, 0) is 80.2 Å². The summed E-state index contributed by atoms with van der Waals surface area (Å²) in [4.78, 5) is 55.1. The van der Waals surface area contributed by atoms with Crippen molar-refractivity contribution < 1.29 is 29.3 Å². The number of azide groups is 1. The lowest BCUT2D eigenvalue weighted by Crippen LogP contribution is -2.62. The summed E-state index contributed by atoms with van der Waals surface area (Å²) >= 11 is 0. The number of aliphatic hydroxyl groups excluding tert-OH is 1. The van der Waals surface area contributed by atoms with Crippen molar-refractivity contribution in [3.63, 3.8) is 0 Å². The first-order valence-electron chi connectivity index (χ1n) is 15.6. The highest BCUT2D eigenvalue weighted by molar-refractivity contribution is 5.92. The standard InChI is InChI=1S/C31H41N5O8/c1-16-13-36(28(41)33-27(16)40)25-11-21(34-35-32)23(44-25)14-43-15-24(39)31(42)9-7-20-19-5-4-17-10-18(37)6-8-29(17,2)26(19)22(38)12-30(20,31)3/h10,13,19-23,25-26,38,42H,4-9,11-12,14-15H2,1-3H3,(H,33,40,41)/t19?,20?,21-,22?,23+,25+,26?,29?,30?,31-/m0/s1. The third-order valence-corrected chi connectivity index (χ3v) is 11.9. The van der Waals surface area contributed by atoms with Crippen molar-refractivity contribution in [3.05, 3.63) is 54.7 Å².